The fraction of sp³-hybridized carbons (Fsp3) is 0.200. The lowest BCUT2D eigenvalue weighted by Crippen LogP contribution is -1.99. The van der Waals surface area contributed by atoms with Gasteiger partial charge < -0.3 is 0 Å². The van der Waals surface area contributed by atoms with Crippen molar-refractivity contribution in [2.24, 2.45) is 0 Å². The first-order valence-electron chi connectivity index (χ1n) is 6.17. The minimum Gasteiger partial charge on any atom is -0.258 e. The van der Waals surface area contributed by atoms with E-state index in [1.165, 1.54) is 17.7 Å². The second-order valence-electron chi connectivity index (χ2n) is 4.43. The zero-order valence-corrected chi connectivity index (χ0v) is 12.1. The molecule has 104 valence electrons. The molecule has 0 atom stereocenters. The van der Waals surface area contributed by atoms with Crippen molar-refractivity contribution in [3.63, 3.8) is 0 Å². The van der Waals surface area contributed by atoms with E-state index in [4.69, 9.17) is 23.2 Å². The van der Waals surface area contributed by atoms with Crippen molar-refractivity contribution in [3.05, 3.63) is 75.3 Å². The van der Waals surface area contributed by atoms with Crippen molar-refractivity contribution >= 4 is 28.9 Å². The number of hydrogen-bond acceptors (Lipinski definition) is 2. The zero-order valence-electron chi connectivity index (χ0n) is 10.6. The van der Waals surface area contributed by atoms with Crippen LogP contribution in [0.2, 0.25) is 0 Å². The van der Waals surface area contributed by atoms with Gasteiger partial charge in [-0.1, -0.05) is 36.4 Å². The van der Waals surface area contributed by atoms with Crippen LogP contribution in [-0.2, 0) is 12.8 Å². The summed E-state index contributed by atoms with van der Waals surface area (Å²) in [6.45, 7) is 0. The van der Waals surface area contributed by atoms with E-state index in [9.17, 15) is 10.1 Å². The SMILES string of the molecule is O=[N+]([O-])c1ccc(CCc2ccccc2)c(C(Cl)Cl)c1. The number of hydrogen-bond donors (Lipinski definition) is 0. The summed E-state index contributed by atoms with van der Waals surface area (Å²) in [4.78, 5) is 9.58. The van der Waals surface area contributed by atoms with Gasteiger partial charge >= 0.3 is 0 Å². The highest BCUT2D eigenvalue weighted by Crippen LogP contribution is 2.31. The molecule has 0 saturated heterocycles. The molecule has 0 heterocycles. The standard InChI is InChI=1S/C15H13Cl2NO2/c16-15(17)14-10-13(18(19)20)9-8-12(14)7-6-11-4-2-1-3-5-11/h1-5,8-10,15H,6-7H2. The largest absolute Gasteiger partial charge is 0.269 e. The average Bonchev–Trinajstić information content (AvgIpc) is 2.45. The molecule has 0 unspecified atom stereocenters. The zero-order chi connectivity index (χ0) is 14.5. The van der Waals surface area contributed by atoms with Gasteiger partial charge in [0.1, 0.15) is 4.84 Å². The van der Waals surface area contributed by atoms with Gasteiger partial charge in [-0.05, 0) is 29.5 Å². The van der Waals surface area contributed by atoms with Crippen molar-refractivity contribution in [2.75, 3.05) is 0 Å². The minimum atomic E-state index is -0.763. The van der Waals surface area contributed by atoms with E-state index in [1.54, 1.807) is 6.07 Å². The maximum Gasteiger partial charge on any atom is 0.269 e. The van der Waals surface area contributed by atoms with Crippen molar-refractivity contribution in [2.45, 2.75) is 17.7 Å². The molecule has 20 heavy (non-hydrogen) atoms. The van der Waals surface area contributed by atoms with E-state index in [0.29, 0.717) is 5.56 Å². The highest BCUT2D eigenvalue weighted by atomic mass is 35.5. The summed E-state index contributed by atoms with van der Waals surface area (Å²) >= 11 is 11.8. The molecule has 0 amide bonds. The predicted octanol–water partition coefficient (Wildman–Crippen LogP) is 4.86. The maximum absolute atomic E-state index is 10.8. The van der Waals surface area contributed by atoms with Crippen LogP contribution >= 0.6 is 23.2 Å². The van der Waals surface area contributed by atoms with Gasteiger partial charge in [-0.3, -0.25) is 10.1 Å². The summed E-state index contributed by atoms with van der Waals surface area (Å²) in [6.07, 6.45) is 1.58. The number of aryl methyl sites for hydroxylation is 2. The van der Waals surface area contributed by atoms with Crippen molar-refractivity contribution in [1.82, 2.24) is 0 Å². The Labute approximate surface area is 127 Å². The van der Waals surface area contributed by atoms with Gasteiger partial charge in [-0.15, -0.1) is 23.2 Å². The number of nitro benzene ring substituents is 1. The number of halogens is 2. The molecule has 0 spiro atoms. The second kappa shape index (κ2) is 6.73. The molecule has 2 aromatic rings. The summed E-state index contributed by atoms with van der Waals surface area (Å²) in [7, 11) is 0. The number of benzene rings is 2. The van der Waals surface area contributed by atoms with Crippen LogP contribution in [0.4, 0.5) is 5.69 Å². The number of rotatable bonds is 5. The topological polar surface area (TPSA) is 43.1 Å². The maximum atomic E-state index is 10.8. The average molecular weight is 310 g/mol. The second-order valence-corrected chi connectivity index (χ2v) is 5.52. The fourth-order valence-corrected chi connectivity index (χ4v) is 2.46. The van der Waals surface area contributed by atoms with E-state index in [0.717, 1.165) is 18.4 Å². The van der Waals surface area contributed by atoms with Crippen LogP contribution in [0, 0.1) is 10.1 Å². The van der Waals surface area contributed by atoms with Crippen LogP contribution in [0.3, 0.4) is 0 Å². The van der Waals surface area contributed by atoms with Gasteiger partial charge in [0, 0.05) is 12.1 Å². The first-order valence-corrected chi connectivity index (χ1v) is 7.04. The molecule has 0 aliphatic heterocycles. The Morgan fingerprint density at radius 3 is 2.35 bits per heavy atom. The van der Waals surface area contributed by atoms with Gasteiger partial charge in [-0.2, -0.15) is 0 Å². The Hall–Kier alpha value is -1.58. The molecule has 0 aliphatic rings. The van der Waals surface area contributed by atoms with Crippen LogP contribution < -0.4 is 0 Å². The summed E-state index contributed by atoms with van der Waals surface area (Å²) in [5, 5.41) is 10.8. The third-order valence-electron chi connectivity index (χ3n) is 3.10. The van der Waals surface area contributed by atoms with Crippen molar-refractivity contribution in [3.8, 4) is 0 Å². The summed E-state index contributed by atoms with van der Waals surface area (Å²) in [5.41, 5.74) is 2.76. The predicted molar refractivity (Wildman–Crippen MR) is 81.4 cm³/mol. The third kappa shape index (κ3) is 3.71. The van der Waals surface area contributed by atoms with Crippen LogP contribution in [0.15, 0.2) is 48.5 Å². The molecule has 2 aromatic carbocycles. The fourth-order valence-electron chi connectivity index (χ4n) is 2.05. The van der Waals surface area contributed by atoms with Crippen LogP contribution in [-0.4, -0.2) is 4.92 Å². The molecule has 0 N–H and O–H groups in total. The lowest BCUT2D eigenvalue weighted by molar-refractivity contribution is -0.384. The summed E-state index contributed by atoms with van der Waals surface area (Å²) < 4.78 is 0. The van der Waals surface area contributed by atoms with Crippen LogP contribution in [0.1, 0.15) is 21.5 Å². The van der Waals surface area contributed by atoms with E-state index >= 15 is 0 Å². The number of alkyl halides is 2. The summed E-state index contributed by atoms with van der Waals surface area (Å²) in [5.74, 6) is 0. The number of nitrogens with zero attached hydrogens (tertiary/aromatic N) is 1. The molecule has 0 aromatic heterocycles. The Balaban J connectivity index is 2.20. The monoisotopic (exact) mass is 309 g/mol. The van der Waals surface area contributed by atoms with E-state index in [2.05, 4.69) is 0 Å². The Morgan fingerprint density at radius 1 is 1.05 bits per heavy atom. The van der Waals surface area contributed by atoms with E-state index in [1.807, 2.05) is 30.3 Å². The molecular formula is C15H13Cl2NO2. The van der Waals surface area contributed by atoms with Crippen LogP contribution in [0.25, 0.3) is 0 Å². The van der Waals surface area contributed by atoms with Gasteiger partial charge in [0.2, 0.25) is 0 Å². The van der Waals surface area contributed by atoms with Gasteiger partial charge in [-0.25, -0.2) is 0 Å². The van der Waals surface area contributed by atoms with Crippen molar-refractivity contribution in [1.29, 1.82) is 0 Å². The highest BCUT2D eigenvalue weighted by molar-refractivity contribution is 6.44. The van der Waals surface area contributed by atoms with E-state index in [-0.39, 0.29) is 5.69 Å². The summed E-state index contributed by atoms with van der Waals surface area (Å²) in [6, 6.07) is 14.7. The molecule has 0 aliphatic carbocycles. The number of non-ortho nitro benzene ring substituents is 1. The molecule has 0 radical (unpaired) electrons. The van der Waals surface area contributed by atoms with Crippen LogP contribution in [0.5, 0.6) is 0 Å². The Morgan fingerprint density at radius 2 is 1.75 bits per heavy atom. The molecule has 0 bridgehead atoms. The minimum absolute atomic E-state index is 0.00904. The lowest BCUT2D eigenvalue weighted by Gasteiger charge is -2.10. The quantitative estimate of drug-likeness (QED) is 0.450. The Kier molecular flexibility index (Phi) is 4.99. The highest BCUT2D eigenvalue weighted by Gasteiger charge is 2.15. The normalized spacial score (nSPS) is 10.8. The van der Waals surface area contributed by atoms with Gasteiger partial charge in [0.15, 0.2) is 0 Å². The van der Waals surface area contributed by atoms with Gasteiger partial charge in [0.25, 0.3) is 5.69 Å². The molecule has 3 nitrogen and oxygen atoms in total. The first-order chi connectivity index (χ1) is 9.58. The van der Waals surface area contributed by atoms with Gasteiger partial charge in [0.05, 0.1) is 4.92 Å². The molecule has 0 fully saturated rings. The molecule has 5 heteroatoms. The molecule has 2 rings (SSSR count). The smallest absolute Gasteiger partial charge is 0.258 e. The lowest BCUT2D eigenvalue weighted by atomic mass is 10.00. The first kappa shape index (κ1) is 14.8. The molecular weight excluding hydrogens is 297 g/mol. The Bertz CT molecular complexity index is 600. The third-order valence-corrected chi connectivity index (χ3v) is 3.57. The number of nitro groups is 1. The van der Waals surface area contributed by atoms with E-state index < -0.39 is 9.76 Å². The molecule has 0 saturated carbocycles. The van der Waals surface area contributed by atoms with Crippen molar-refractivity contribution < 1.29 is 4.92 Å².